The van der Waals surface area contributed by atoms with Crippen LogP contribution in [0, 0.1) is 10.8 Å². The smallest absolute Gasteiger partial charge is 0.305 e. The van der Waals surface area contributed by atoms with Gasteiger partial charge in [0.05, 0.1) is 39.8 Å². The molecule has 2 heterocycles. The Morgan fingerprint density at radius 3 is 2.18 bits per heavy atom. The normalized spacial score (nSPS) is 23.2. The highest BCUT2D eigenvalue weighted by Crippen LogP contribution is 2.36. The SMILES string of the molecule is COC(=O)CCC1(CC(=O)SCCNC(=O)CCNC(=O)[C@@H]2OC(C)(C)OCC2(C)C)OCC(C)(C)CO1. The average Bonchev–Trinajstić information content (AvgIpc) is 2.84. The summed E-state index contributed by atoms with van der Waals surface area (Å²) in [6.07, 6.45) is -0.288. The lowest BCUT2D eigenvalue weighted by molar-refractivity contribution is -0.304. The molecule has 0 aliphatic carbocycles. The zero-order valence-corrected chi connectivity index (χ0v) is 24.5. The van der Waals surface area contributed by atoms with Gasteiger partial charge in [0.1, 0.15) is 6.10 Å². The first-order chi connectivity index (χ1) is 17.6. The molecule has 2 fully saturated rings. The van der Waals surface area contributed by atoms with E-state index >= 15 is 0 Å². The Balaban J connectivity index is 1.69. The van der Waals surface area contributed by atoms with Gasteiger partial charge in [-0.2, -0.15) is 0 Å². The number of amides is 2. The van der Waals surface area contributed by atoms with Crippen molar-refractivity contribution in [2.24, 2.45) is 10.8 Å². The molecule has 0 saturated carbocycles. The van der Waals surface area contributed by atoms with E-state index in [9.17, 15) is 19.2 Å². The molecule has 12 heteroatoms. The number of nitrogens with one attached hydrogen (secondary N) is 2. The Hall–Kier alpha value is -1.73. The zero-order valence-electron chi connectivity index (χ0n) is 23.7. The second-order valence-corrected chi connectivity index (χ2v) is 12.8. The van der Waals surface area contributed by atoms with Gasteiger partial charge >= 0.3 is 5.97 Å². The number of methoxy groups -OCH3 is 1. The molecule has 2 N–H and O–H groups in total. The molecule has 2 rings (SSSR count). The second-order valence-electron chi connectivity index (χ2n) is 11.7. The van der Waals surface area contributed by atoms with Crippen molar-refractivity contribution in [3.63, 3.8) is 0 Å². The summed E-state index contributed by atoms with van der Waals surface area (Å²) in [5, 5.41) is 5.36. The first-order valence-electron chi connectivity index (χ1n) is 13.0. The Labute approximate surface area is 229 Å². The monoisotopic (exact) mass is 560 g/mol. The van der Waals surface area contributed by atoms with E-state index in [1.807, 2.05) is 27.7 Å². The third-order valence-electron chi connectivity index (χ3n) is 6.28. The van der Waals surface area contributed by atoms with E-state index in [1.165, 1.54) is 7.11 Å². The van der Waals surface area contributed by atoms with Gasteiger partial charge in [-0.15, -0.1) is 0 Å². The molecule has 0 aromatic carbocycles. The van der Waals surface area contributed by atoms with Crippen LogP contribution in [0.4, 0.5) is 0 Å². The summed E-state index contributed by atoms with van der Waals surface area (Å²) in [6.45, 7) is 13.0. The predicted molar refractivity (Wildman–Crippen MR) is 141 cm³/mol. The van der Waals surface area contributed by atoms with Crippen molar-refractivity contribution < 1.29 is 42.9 Å². The second kappa shape index (κ2) is 13.6. The quantitative estimate of drug-likeness (QED) is 0.270. The number of esters is 1. The summed E-state index contributed by atoms with van der Waals surface area (Å²) in [6, 6.07) is 0. The summed E-state index contributed by atoms with van der Waals surface area (Å²) in [5.74, 6) is -2.55. The molecule has 0 aromatic rings. The molecule has 0 radical (unpaired) electrons. The maximum atomic E-state index is 12.6. The molecule has 0 unspecified atom stereocenters. The van der Waals surface area contributed by atoms with Gasteiger partial charge in [0.25, 0.3) is 0 Å². The van der Waals surface area contributed by atoms with Gasteiger partial charge < -0.3 is 34.3 Å². The molecule has 2 saturated heterocycles. The van der Waals surface area contributed by atoms with Gasteiger partial charge in [-0.1, -0.05) is 39.5 Å². The number of ether oxygens (including phenoxy) is 5. The highest BCUT2D eigenvalue weighted by atomic mass is 32.2. The van der Waals surface area contributed by atoms with Gasteiger partial charge in [-0.25, -0.2) is 0 Å². The highest BCUT2D eigenvalue weighted by molar-refractivity contribution is 8.13. The number of carbonyl (C=O) groups excluding carboxylic acids is 4. The van der Waals surface area contributed by atoms with Crippen LogP contribution in [-0.2, 0) is 42.9 Å². The molecule has 0 spiro atoms. The Morgan fingerprint density at radius 1 is 0.895 bits per heavy atom. The van der Waals surface area contributed by atoms with Crippen LogP contribution in [0.1, 0.15) is 67.2 Å². The fraction of sp³-hybridized carbons (Fsp3) is 0.846. The minimum absolute atomic E-state index is 0.00779. The Morgan fingerprint density at radius 2 is 1.55 bits per heavy atom. The van der Waals surface area contributed by atoms with Crippen molar-refractivity contribution in [2.75, 3.05) is 45.8 Å². The number of hydrogen-bond donors (Lipinski definition) is 2. The molecule has 38 heavy (non-hydrogen) atoms. The average molecular weight is 561 g/mol. The summed E-state index contributed by atoms with van der Waals surface area (Å²) in [4.78, 5) is 49.1. The van der Waals surface area contributed by atoms with E-state index in [1.54, 1.807) is 13.8 Å². The van der Waals surface area contributed by atoms with Crippen LogP contribution in [0.5, 0.6) is 0 Å². The number of carbonyl (C=O) groups is 4. The summed E-state index contributed by atoms with van der Waals surface area (Å²) in [5.41, 5.74) is -0.674. The molecule has 2 aliphatic heterocycles. The Bertz CT molecular complexity index is 850. The maximum absolute atomic E-state index is 12.6. The lowest BCUT2D eigenvalue weighted by Gasteiger charge is -2.44. The van der Waals surface area contributed by atoms with Gasteiger partial charge in [-0.3, -0.25) is 19.2 Å². The summed E-state index contributed by atoms with van der Waals surface area (Å²) >= 11 is 1.07. The van der Waals surface area contributed by atoms with Gasteiger partial charge in [-0.05, 0) is 13.8 Å². The van der Waals surface area contributed by atoms with Crippen molar-refractivity contribution in [2.45, 2.75) is 84.9 Å². The van der Waals surface area contributed by atoms with Gasteiger partial charge in [0.15, 0.2) is 16.7 Å². The van der Waals surface area contributed by atoms with E-state index in [2.05, 4.69) is 10.6 Å². The number of rotatable bonds is 12. The van der Waals surface area contributed by atoms with E-state index in [-0.39, 0.29) is 61.1 Å². The Kier molecular flexibility index (Phi) is 11.6. The molecule has 2 amide bonds. The summed E-state index contributed by atoms with van der Waals surface area (Å²) < 4.78 is 28.0. The molecule has 2 aliphatic rings. The molecule has 0 bridgehead atoms. The molecule has 1 atom stereocenters. The van der Waals surface area contributed by atoms with Crippen LogP contribution in [0.15, 0.2) is 0 Å². The van der Waals surface area contributed by atoms with E-state index in [4.69, 9.17) is 23.7 Å². The van der Waals surface area contributed by atoms with Gasteiger partial charge in [0, 0.05) is 42.5 Å². The lowest BCUT2D eigenvalue weighted by Crippen LogP contribution is -2.56. The van der Waals surface area contributed by atoms with E-state index < -0.39 is 29.1 Å². The summed E-state index contributed by atoms with van der Waals surface area (Å²) in [7, 11) is 1.31. The van der Waals surface area contributed by atoms with Crippen molar-refractivity contribution in [3.8, 4) is 0 Å². The van der Waals surface area contributed by atoms with E-state index in [0.717, 1.165) is 11.8 Å². The maximum Gasteiger partial charge on any atom is 0.305 e. The van der Waals surface area contributed by atoms with Crippen molar-refractivity contribution >= 4 is 34.7 Å². The fourth-order valence-electron chi connectivity index (χ4n) is 3.89. The van der Waals surface area contributed by atoms with Crippen LogP contribution < -0.4 is 10.6 Å². The van der Waals surface area contributed by atoms with Crippen molar-refractivity contribution in [1.29, 1.82) is 0 Å². The highest BCUT2D eigenvalue weighted by Gasteiger charge is 2.46. The third-order valence-corrected chi connectivity index (χ3v) is 7.16. The minimum Gasteiger partial charge on any atom is -0.469 e. The zero-order chi connectivity index (χ0) is 28.6. The number of thioether (sulfide) groups is 1. The molecular formula is C26H44N2O9S. The third kappa shape index (κ3) is 10.4. The molecular weight excluding hydrogens is 516 g/mol. The van der Waals surface area contributed by atoms with Crippen molar-refractivity contribution in [3.05, 3.63) is 0 Å². The fourth-order valence-corrected chi connectivity index (χ4v) is 4.65. The molecule has 11 nitrogen and oxygen atoms in total. The minimum atomic E-state index is -1.16. The first-order valence-corrected chi connectivity index (χ1v) is 13.9. The van der Waals surface area contributed by atoms with E-state index in [0.29, 0.717) is 25.6 Å². The largest absolute Gasteiger partial charge is 0.469 e. The van der Waals surface area contributed by atoms with Crippen molar-refractivity contribution in [1.82, 2.24) is 10.6 Å². The first kappa shape index (κ1) is 32.5. The molecule has 0 aromatic heterocycles. The lowest BCUT2D eigenvalue weighted by atomic mass is 9.85. The van der Waals surface area contributed by atoms with Crippen LogP contribution in [0.25, 0.3) is 0 Å². The van der Waals surface area contributed by atoms with Crippen LogP contribution in [0.3, 0.4) is 0 Å². The van der Waals surface area contributed by atoms with Crippen LogP contribution in [0.2, 0.25) is 0 Å². The standard InChI is InChI=1S/C26H44N2O9S/c1-23(2)15-35-26(36-16-23,10-8-19(30)33-7)14-20(31)38-13-12-27-18(29)9-11-28-22(32)21-24(3,4)17-34-25(5,6)37-21/h21H,8-17H2,1-7H3,(H,27,29)(H,28,32)/t21-/m0/s1. The number of hydrogen-bond acceptors (Lipinski definition) is 10. The topological polar surface area (TPSA) is 138 Å². The van der Waals surface area contributed by atoms with Crippen LogP contribution in [-0.4, -0.2) is 86.3 Å². The molecule has 218 valence electrons. The van der Waals surface area contributed by atoms with Crippen LogP contribution >= 0.6 is 11.8 Å². The predicted octanol–water partition coefficient (Wildman–Crippen LogP) is 2.16. The van der Waals surface area contributed by atoms with Gasteiger partial charge in [0.2, 0.25) is 11.8 Å².